The van der Waals surface area contributed by atoms with Gasteiger partial charge in [0.05, 0.1) is 6.54 Å². The summed E-state index contributed by atoms with van der Waals surface area (Å²) in [5, 5.41) is 1.16. The van der Waals surface area contributed by atoms with Crippen LogP contribution in [0.3, 0.4) is 0 Å². The summed E-state index contributed by atoms with van der Waals surface area (Å²) in [5.74, 6) is -0.0640. The first-order valence-electron chi connectivity index (χ1n) is 7.30. The quantitative estimate of drug-likeness (QED) is 0.816. The number of fused-ring (bicyclic) bond motifs is 4. The van der Waals surface area contributed by atoms with Gasteiger partial charge in [0.25, 0.3) is 5.91 Å². The molecule has 4 rings (SSSR count). The summed E-state index contributed by atoms with van der Waals surface area (Å²) in [6.07, 6.45) is 0.604. The van der Waals surface area contributed by atoms with E-state index in [1.807, 2.05) is 32.0 Å². The number of nitrogens with zero attached hydrogens (tertiary/aromatic N) is 2. The van der Waals surface area contributed by atoms with Crippen LogP contribution in [-0.2, 0) is 17.8 Å². The number of benzene rings is 1. The molecule has 2 aliphatic rings. The second-order valence-electron chi connectivity index (χ2n) is 6.06. The van der Waals surface area contributed by atoms with Crippen LogP contribution in [-0.4, -0.2) is 38.8 Å². The molecule has 3 heterocycles. The summed E-state index contributed by atoms with van der Waals surface area (Å²) >= 11 is 0. The highest BCUT2D eigenvalue weighted by Crippen LogP contribution is 2.34. The van der Waals surface area contributed by atoms with Gasteiger partial charge in [-0.3, -0.25) is 9.69 Å². The molecule has 1 N–H and O–H groups in total. The van der Waals surface area contributed by atoms with Crippen molar-refractivity contribution in [3.8, 4) is 0 Å². The zero-order chi connectivity index (χ0) is 14.7. The number of aromatic amines is 1. The van der Waals surface area contributed by atoms with Crippen LogP contribution in [0.5, 0.6) is 0 Å². The predicted molar refractivity (Wildman–Crippen MR) is 78.7 cm³/mol. The minimum Gasteiger partial charge on any atom is -0.357 e. The van der Waals surface area contributed by atoms with Gasteiger partial charge >= 0.3 is 6.03 Å². The number of carbonyl (C=O) groups excluding carboxylic acids is 2. The summed E-state index contributed by atoms with van der Waals surface area (Å²) in [4.78, 5) is 31.4. The number of imide groups is 1. The van der Waals surface area contributed by atoms with E-state index in [9.17, 15) is 9.59 Å². The van der Waals surface area contributed by atoms with E-state index in [-0.39, 0.29) is 24.0 Å². The maximum atomic E-state index is 12.5. The Morgan fingerprint density at radius 2 is 2.00 bits per heavy atom. The standard InChI is InChI=1S/C16H17N3O2/c1-9(2)19-15(20)14-7-11-10-5-3-4-6-12(10)17-13(11)8-18(14)16(19)21/h3-6,9,14,17H,7-8H2,1-2H3. The highest BCUT2D eigenvalue weighted by molar-refractivity contribution is 6.05. The van der Waals surface area contributed by atoms with Gasteiger partial charge in [-0.25, -0.2) is 4.79 Å². The number of aromatic nitrogens is 1. The van der Waals surface area contributed by atoms with Gasteiger partial charge in [-0.2, -0.15) is 0 Å². The van der Waals surface area contributed by atoms with E-state index >= 15 is 0 Å². The number of hydrogen-bond donors (Lipinski definition) is 1. The van der Waals surface area contributed by atoms with Gasteiger partial charge in [0, 0.05) is 29.1 Å². The first-order chi connectivity index (χ1) is 10.1. The molecule has 2 aromatic rings. The number of carbonyl (C=O) groups is 2. The van der Waals surface area contributed by atoms with Gasteiger partial charge in [0.2, 0.25) is 0 Å². The van der Waals surface area contributed by atoms with Gasteiger partial charge in [-0.05, 0) is 25.5 Å². The third-order valence-corrected chi connectivity index (χ3v) is 4.49. The van der Waals surface area contributed by atoms with E-state index in [2.05, 4.69) is 11.1 Å². The number of para-hydroxylation sites is 1. The van der Waals surface area contributed by atoms with Crippen molar-refractivity contribution in [1.29, 1.82) is 0 Å². The number of rotatable bonds is 1. The fraction of sp³-hybridized carbons (Fsp3) is 0.375. The topological polar surface area (TPSA) is 56.4 Å². The minimum absolute atomic E-state index is 0.0640. The van der Waals surface area contributed by atoms with Gasteiger partial charge in [-0.1, -0.05) is 18.2 Å². The van der Waals surface area contributed by atoms with E-state index in [1.54, 1.807) is 4.90 Å². The summed E-state index contributed by atoms with van der Waals surface area (Å²) < 4.78 is 0. The van der Waals surface area contributed by atoms with Crippen LogP contribution in [0.25, 0.3) is 10.9 Å². The van der Waals surface area contributed by atoms with Crippen molar-refractivity contribution in [2.45, 2.75) is 38.9 Å². The maximum Gasteiger partial charge on any atom is 0.328 e. The van der Waals surface area contributed by atoms with Gasteiger partial charge in [0.1, 0.15) is 6.04 Å². The molecule has 0 spiro atoms. The lowest BCUT2D eigenvalue weighted by Gasteiger charge is -2.26. The van der Waals surface area contributed by atoms with Gasteiger partial charge < -0.3 is 9.88 Å². The average Bonchev–Trinajstić information content (AvgIpc) is 2.93. The number of amides is 3. The monoisotopic (exact) mass is 283 g/mol. The van der Waals surface area contributed by atoms with E-state index in [0.29, 0.717) is 13.0 Å². The normalized spacial score (nSPS) is 21.4. The molecule has 0 bridgehead atoms. The van der Waals surface area contributed by atoms with Crippen LogP contribution in [0.4, 0.5) is 4.79 Å². The Bertz CT molecular complexity index is 762. The molecule has 2 aliphatic heterocycles. The largest absolute Gasteiger partial charge is 0.357 e. The van der Waals surface area contributed by atoms with Crippen LogP contribution in [0, 0.1) is 0 Å². The van der Waals surface area contributed by atoms with Crippen molar-refractivity contribution in [1.82, 2.24) is 14.8 Å². The Balaban J connectivity index is 1.79. The number of H-pyrrole nitrogens is 1. The molecule has 5 nitrogen and oxygen atoms in total. The number of nitrogens with one attached hydrogen (secondary N) is 1. The van der Waals surface area contributed by atoms with Crippen molar-refractivity contribution in [2.75, 3.05) is 0 Å². The van der Waals surface area contributed by atoms with Crippen molar-refractivity contribution >= 4 is 22.8 Å². The summed E-state index contributed by atoms with van der Waals surface area (Å²) in [5.41, 5.74) is 3.31. The third-order valence-electron chi connectivity index (χ3n) is 4.49. The average molecular weight is 283 g/mol. The zero-order valence-electron chi connectivity index (χ0n) is 12.1. The molecule has 0 saturated carbocycles. The summed E-state index contributed by atoms with van der Waals surface area (Å²) in [6, 6.07) is 7.50. The van der Waals surface area contributed by atoms with Crippen molar-refractivity contribution in [2.24, 2.45) is 0 Å². The molecule has 1 aromatic carbocycles. The Hall–Kier alpha value is -2.30. The van der Waals surface area contributed by atoms with Crippen LogP contribution in [0.2, 0.25) is 0 Å². The van der Waals surface area contributed by atoms with Crippen molar-refractivity contribution in [3.05, 3.63) is 35.5 Å². The molecular formula is C16H17N3O2. The molecule has 1 atom stereocenters. The Morgan fingerprint density at radius 3 is 2.76 bits per heavy atom. The van der Waals surface area contributed by atoms with E-state index in [4.69, 9.17) is 0 Å². The molecule has 0 aliphatic carbocycles. The molecular weight excluding hydrogens is 266 g/mol. The molecule has 1 aromatic heterocycles. The van der Waals surface area contributed by atoms with Crippen LogP contribution in [0.1, 0.15) is 25.1 Å². The highest BCUT2D eigenvalue weighted by Gasteiger charge is 2.48. The van der Waals surface area contributed by atoms with E-state index in [1.165, 1.54) is 10.5 Å². The number of urea groups is 1. The fourth-order valence-electron chi connectivity index (χ4n) is 3.50. The molecule has 108 valence electrons. The predicted octanol–water partition coefficient (Wildman–Crippen LogP) is 2.27. The Morgan fingerprint density at radius 1 is 1.24 bits per heavy atom. The van der Waals surface area contributed by atoms with Crippen LogP contribution in [0.15, 0.2) is 24.3 Å². The SMILES string of the molecule is CC(C)N1C(=O)C2Cc3c([nH]c4ccccc34)CN2C1=O. The molecule has 5 heteroatoms. The highest BCUT2D eigenvalue weighted by atomic mass is 16.2. The molecule has 1 saturated heterocycles. The lowest BCUT2D eigenvalue weighted by molar-refractivity contribution is -0.129. The van der Waals surface area contributed by atoms with Crippen molar-refractivity contribution < 1.29 is 9.59 Å². The Kier molecular flexibility index (Phi) is 2.43. The smallest absolute Gasteiger partial charge is 0.328 e. The van der Waals surface area contributed by atoms with Crippen molar-refractivity contribution in [3.63, 3.8) is 0 Å². The fourth-order valence-corrected chi connectivity index (χ4v) is 3.50. The van der Waals surface area contributed by atoms with Crippen LogP contribution >= 0.6 is 0 Å². The Labute approximate surface area is 122 Å². The molecule has 21 heavy (non-hydrogen) atoms. The van der Waals surface area contributed by atoms with Gasteiger partial charge in [-0.15, -0.1) is 0 Å². The first kappa shape index (κ1) is 12.4. The second kappa shape index (κ2) is 4.10. The molecule has 1 fully saturated rings. The minimum atomic E-state index is -0.341. The summed E-state index contributed by atoms with van der Waals surface area (Å²) in [7, 11) is 0. The lowest BCUT2D eigenvalue weighted by atomic mass is 9.97. The molecule has 3 amide bonds. The van der Waals surface area contributed by atoms with Crippen LogP contribution < -0.4 is 0 Å². The number of hydrogen-bond acceptors (Lipinski definition) is 2. The second-order valence-corrected chi connectivity index (χ2v) is 6.06. The van der Waals surface area contributed by atoms with E-state index in [0.717, 1.165) is 16.6 Å². The molecule has 0 radical (unpaired) electrons. The lowest BCUT2D eigenvalue weighted by Crippen LogP contribution is -2.39. The maximum absolute atomic E-state index is 12.5. The van der Waals surface area contributed by atoms with E-state index < -0.39 is 0 Å². The summed E-state index contributed by atoms with van der Waals surface area (Å²) in [6.45, 7) is 4.24. The van der Waals surface area contributed by atoms with Gasteiger partial charge in [0.15, 0.2) is 0 Å². The molecule has 1 unspecified atom stereocenters. The zero-order valence-corrected chi connectivity index (χ0v) is 12.1. The third kappa shape index (κ3) is 1.57. The first-order valence-corrected chi connectivity index (χ1v) is 7.30.